The maximum Gasteiger partial charge on any atom is 0.155 e. The molecule has 1 aliphatic rings. The van der Waals surface area contributed by atoms with Gasteiger partial charge in [-0.3, -0.25) is 0 Å². The predicted molar refractivity (Wildman–Crippen MR) is 78.5 cm³/mol. The van der Waals surface area contributed by atoms with E-state index in [-0.39, 0.29) is 0 Å². The molecule has 0 radical (unpaired) electrons. The molecule has 0 aliphatic carbocycles. The highest BCUT2D eigenvalue weighted by Gasteiger charge is 2.14. The molecular formula is C16H14N4O. The van der Waals surface area contributed by atoms with Crippen molar-refractivity contribution in [3.8, 4) is 22.8 Å². The number of fused-ring (bicyclic) bond motifs is 1. The molecule has 104 valence electrons. The second kappa shape index (κ2) is 4.70. The van der Waals surface area contributed by atoms with Crippen molar-refractivity contribution in [3.63, 3.8) is 0 Å². The van der Waals surface area contributed by atoms with Gasteiger partial charge in [0.1, 0.15) is 11.4 Å². The Kier molecular flexibility index (Phi) is 2.70. The van der Waals surface area contributed by atoms with Gasteiger partial charge in [-0.1, -0.05) is 11.3 Å². The molecule has 0 fully saturated rings. The van der Waals surface area contributed by atoms with Crippen LogP contribution in [0.3, 0.4) is 0 Å². The Morgan fingerprint density at radius 2 is 2.14 bits per heavy atom. The van der Waals surface area contributed by atoms with Crippen molar-refractivity contribution in [1.29, 1.82) is 0 Å². The van der Waals surface area contributed by atoms with Crippen LogP contribution in [-0.4, -0.2) is 26.6 Å². The zero-order chi connectivity index (χ0) is 14.2. The summed E-state index contributed by atoms with van der Waals surface area (Å²) in [7, 11) is 0. The summed E-state index contributed by atoms with van der Waals surface area (Å²) in [6.07, 6.45) is 2.86. The molecule has 0 atom stereocenters. The van der Waals surface area contributed by atoms with Crippen molar-refractivity contribution in [1.82, 2.24) is 20.0 Å². The third kappa shape index (κ3) is 2.16. The summed E-state index contributed by atoms with van der Waals surface area (Å²) >= 11 is 0. The van der Waals surface area contributed by atoms with Gasteiger partial charge in [0.05, 0.1) is 12.8 Å². The fourth-order valence-electron chi connectivity index (χ4n) is 2.51. The van der Waals surface area contributed by atoms with Crippen LogP contribution >= 0.6 is 0 Å². The Hall–Kier alpha value is -2.69. The minimum absolute atomic E-state index is 0.763. The molecule has 2 aromatic heterocycles. The summed E-state index contributed by atoms with van der Waals surface area (Å²) < 4.78 is 7.23. The SMILES string of the molecule is Cc1cccc(-n2cc(-c3ccc4c(c3)CCO4)nn2)n1. The Balaban J connectivity index is 1.71. The Morgan fingerprint density at radius 1 is 1.19 bits per heavy atom. The first-order valence-electron chi connectivity index (χ1n) is 6.92. The fraction of sp³-hybridized carbons (Fsp3) is 0.188. The van der Waals surface area contributed by atoms with Crippen LogP contribution in [0.1, 0.15) is 11.3 Å². The molecule has 0 saturated heterocycles. The van der Waals surface area contributed by atoms with Crippen LogP contribution in [0.2, 0.25) is 0 Å². The quantitative estimate of drug-likeness (QED) is 0.723. The van der Waals surface area contributed by atoms with Gasteiger partial charge >= 0.3 is 0 Å². The summed E-state index contributed by atoms with van der Waals surface area (Å²) in [5, 5.41) is 8.42. The summed E-state index contributed by atoms with van der Waals surface area (Å²) in [4.78, 5) is 4.45. The summed E-state index contributed by atoms with van der Waals surface area (Å²) in [6, 6.07) is 12.0. The predicted octanol–water partition coefficient (Wildman–Crippen LogP) is 2.57. The molecule has 0 unspecified atom stereocenters. The number of rotatable bonds is 2. The lowest BCUT2D eigenvalue weighted by Gasteiger charge is -2.01. The highest BCUT2D eigenvalue weighted by Crippen LogP contribution is 2.29. The van der Waals surface area contributed by atoms with E-state index in [1.165, 1.54) is 5.56 Å². The standard InChI is InChI=1S/C16H14N4O/c1-11-3-2-4-16(17-11)20-10-14(18-19-20)12-5-6-15-13(9-12)7-8-21-15/h2-6,9-10H,7-8H2,1H3. The minimum Gasteiger partial charge on any atom is -0.493 e. The van der Waals surface area contributed by atoms with Gasteiger partial charge in [0, 0.05) is 17.7 Å². The van der Waals surface area contributed by atoms with E-state index >= 15 is 0 Å². The molecular weight excluding hydrogens is 264 g/mol. The van der Waals surface area contributed by atoms with Crippen molar-refractivity contribution in [3.05, 3.63) is 53.9 Å². The van der Waals surface area contributed by atoms with Crippen LogP contribution in [-0.2, 0) is 6.42 Å². The zero-order valence-electron chi connectivity index (χ0n) is 11.7. The maximum absolute atomic E-state index is 5.53. The highest BCUT2D eigenvalue weighted by atomic mass is 16.5. The Labute approximate surface area is 122 Å². The van der Waals surface area contributed by atoms with Crippen LogP contribution in [0.25, 0.3) is 17.1 Å². The largest absolute Gasteiger partial charge is 0.493 e. The number of pyridine rings is 1. The number of aromatic nitrogens is 4. The van der Waals surface area contributed by atoms with Gasteiger partial charge in [0.15, 0.2) is 5.82 Å². The highest BCUT2D eigenvalue weighted by molar-refractivity contribution is 5.62. The number of hydrogen-bond acceptors (Lipinski definition) is 4. The topological polar surface area (TPSA) is 52.8 Å². The molecule has 3 aromatic rings. The van der Waals surface area contributed by atoms with Crippen LogP contribution in [0.4, 0.5) is 0 Å². The minimum atomic E-state index is 0.763. The van der Waals surface area contributed by atoms with E-state index in [0.29, 0.717) is 0 Å². The second-order valence-corrected chi connectivity index (χ2v) is 5.11. The third-order valence-corrected chi connectivity index (χ3v) is 3.59. The van der Waals surface area contributed by atoms with E-state index < -0.39 is 0 Å². The monoisotopic (exact) mass is 278 g/mol. The first-order valence-corrected chi connectivity index (χ1v) is 6.92. The molecule has 1 aromatic carbocycles. The molecule has 0 bridgehead atoms. The van der Waals surface area contributed by atoms with Crippen LogP contribution in [0, 0.1) is 6.92 Å². The molecule has 0 spiro atoms. The molecule has 5 nitrogen and oxygen atoms in total. The van der Waals surface area contributed by atoms with Crippen LogP contribution < -0.4 is 4.74 Å². The number of hydrogen-bond donors (Lipinski definition) is 0. The average molecular weight is 278 g/mol. The van der Waals surface area contributed by atoms with Crippen LogP contribution in [0.15, 0.2) is 42.6 Å². The van der Waals surface area contributed by atoms with Crippen molar-refractivity contribution in [2.75, 3.05) is 6.61 Å². The van der Waals surface area contributed by atoms with E-state index in [0.717, 1.165) is 41.5 Å². The van der Waals surface area contributed by atoms with Crippen LogP contribution in [0.5, 0.6) is 5.75 Å². The van der Waals surface area contributed by atoms with E-state index in [2.05, 4.69) is 21.4 Å². The molecule has 1 aliphatic heterocycles. The van der Waals surface area contributed by atoms with Gasteiger partial charge in [0.2, 0.25) is 0 Å². The number of aryl methyl sites for hydroxylation is 1. The van der Waals surface area contributed by atoms with Crippen molar-refractivity contribution in [2.24, 2.45) is 0 Å². The van der Waals surface area contributed by atoms with E-state index in [4.69, 9.17) is 4.74 Å². The van der Waals surface area contributed by atoms with Gasteiger partial charge in [-0.05, 0) is 42.8 Å². The van der Waals surface area contributed by atoms with Crippen molar-refractivity contribution < 1.29 is 4.74 Å². The number of ether oxygens (including phenoxy) is 1. The molecule has 0 saturated carbocycles. The molecule has 0 amide bonds. The van der Waals surface area contributed by atoms with E-state index in [9.17, 15) is 0 Å². The zero-order valence-corrected chi connectivity index (χ0v) is 11.7. The first-order chi connectivity index (χ1) is 10.3. The van der Waals surface area contributed by atoms with Gasteiger partial charge in [-0.15, -0.1) is 5.10 Å². The maximum atomic E-state index is 5.53. The van der Waals surface area contributed by atoms with Crippen molar-refractivity contribution >= 4 is 0 Å². The summed E-state index contributed by atoms with van der Waals surface area (Å²) in [5.74, 6) is 1.75. The normalized spacial score (nSPS) is 13.0. The number of nitrogens with zero attached hydrogens (tertiary/aromatic N) is 4. The van der Waals surface area contributed by atoms with Gasteiger partial charge in [-0.25, -0.2) is 9.67 Å². The molecule has 5 heteroatoms. The summed E-state index contributed by atoms with van der Waals surface area (Å²) in [5.41, 5.74) is 4.08. The molecule has 21 heavy (non-hydrogen) atoms. The fourth-order valence-corrected chi connectivity index (χ4v) is 2.51. The molecule has 0 N–H and O–H groups in total. The van der Waals surface area contributed by atoms with Crippen molar-refractivity contribution in [2.45, 2.75) is 13.3 Å². The van der Waals surface area contributed by atoms with Gasteiger partial charge in [0.25, 0.3) is 0 Å². The first kappa shape index (κ1) is 12.1. The third-order valence-electron chi connectivity index (χ3n) is 3.59. The van der Waals surface area contributed by atoms with E-state index in [1.54, 1.807) is 4.68 Å². The lowest BCUT2D eigenvalue weighted by molar-refractivity contribution is 0.357. The smallest absolute Gasteiger partial charge is 0.155 e. The average Bonchev–Trinajstić information content (AvgIpc) is 3.15. The number of benzene rings is 1. The van der Waals surface area contributed by atoms with E-state index in [1.807, 2.05) is 43.5 Å². The molecule has 4 rings (SSSR count). The second-order valence-electron chi connectivity index (χ2n) is 5.11. The van der Waals surface area contributed by atoms with Gasteiger partial charge in [-0.2, -0.15) is 0 Å². The summed E-state index contributed by atoms with van der Waals surface area (Å²) in [6.45, 7) is 2.72. The Morgan fingerprint density at radius 3 is 3.05 bits per heavy atom. The van der Waals surface area contributed by atoms with Gasteiger partial charge < -0.3 is 4.74 Å². The lowest BCUT2D eigenvalue weighted by Crippen LogP contribution is -1.98. The lowest BCUT2D eigenvalue weighted by atomic mass is 10.1. The Bertz CT molecular complexity index is 810. The molecule has 3 heterocycles.